The van der Waals surface area contributed by atoms with Crippen molar-refractivity contribution in [1.82, 2.24) is 4.72 Å². The van der Waals surface area contributed by atoms with Crippen molar-refractivity contribution in [3.63, 3.8) is 0 Å². The van der Waals surface area contributed by atoms with E-state index < -0.39 is 27.7 Å². The predicted octanol–water partition coefficient (Wildman–Crippen LogP) is 3.53. The number of carbonyl (C=O) groups is 1. The summed E-state index contributed by atoms with van der Waals surface area (Å²) in [6.45, 7) is 1.84. The zero-order valence-corrected chi connectivity index (χ0v) is 17.8. The number of esters is 1. The molecule has 0 aliphatic rings. The first-order valence-corrected chi connectivity index (χ1v) is 10.9. The molecule has 1 N–H and O–H groups in total. The van der Waals surface area contributed by atoms with Crippen LogP contribution in [0.25, 0.3) is 16.7 Å². The van der Waals surface area contributed by atoms with Crippen LogP contribution in [0.1, 0.15) is 17.2 Å². The molecule has 3 aromatic carbocycles. The minimum atomic E-state index is -4.03. The zero-order chi connectivity index (χ0) is 22.4. The Labute approximate surface area is 181 Å². The number of nitrogens with zero attached hydrogens (tertiary/aromatic N) is 2. The van der Waals surface area contributed by atoms with Gasteiger partial charge in [-0.05, 0) is 35.7 Å². The van der Waals surface area contributed by atoms with Crippen molar-refractivity contribution in [2.45, 2.75) is 17.9 Å². The molecular weight excluding hydrogens is 414 g/mol. The van der Waals surface area contributed by atoms with Crippen molar-refractivity contribution in [2.24, 2.45) is 0 Å². The van der Waals surface area contributed by atoms with Gasteiger partial charge >= 0.3 is 11.7 Å². The van der Waals surface area contributed by atoms with Crippen molar-refractivity contribution in [3.8, 4) is 11.1 Å². The van der Waals surface area contributed by atoms with Crippen LogP contribution in [0.2, 0.25) is 0 Å². The van der Waals surface area contributed by atoms with Gasteiger partial charge in [0.1, 0.15) is 0 Å². The van der Waals surface area contributed by atoms with Crippen LogP contribution in [0.3, 0.4) is 0 Å². The monoisotopic (exact) mass is 435 g/mol. The minimum absolute atomic E-state index is 0.0196. The van der Waals surface area contributed by atoms with E-state index in [1.165, 1.54) is 12.1 Å². The maximum atomic E-state index is 12.9. The van der Waals surface area contributed by atoms with Crippen molar-refractivity contribution < 1.29 is 22.7 Å². The van der Waals surface area contributed by atoms with E-state index in [9.17, 15) is 18.7 Å². The lowest BCUT2D eigenvalue weighted by atomic mass is 9.99. The number of hydrogen-bond acceptors (Lipinski definition) is 4. The van der Waals surface area contributed by atoms with E-state index in [1.54, 1.807) is 36.4 Å². The van der Waals surface area contributed by atoms with Crippen molar-refractivity contribution >= 4 is 21.7 Å². The van der Waals surface area contributed by atoms with E-state index in [-0.39, 0.29) is 4.90 Å². The number of nitrogens with one attached hydrogen (secondary N) is 1. The van der Waals surface area contributed by atoms with Gasteiger partial charge in [-0.15, -0.1) is 0 Å². The Hall–Kier alpha value is -3.58. The molecule has 0 spiro atoms. The smallest absolute Gasteiger partial charge is 0.418 e. The topological polar surface area (TPSA) is 109 Å². The van der Waals surface area contributed by atoms with Gasteiger partial charge in [0.15, 0.2) is 6.04 Å². The van der Waals surface area contributed by atoms with Crippen LogP contribution in [0.4, 0.5) is 0 Å². The average Bonchev–Trinajstić information content (AvgIpc) is 2.79. The molecule has 0 aromatic heterocycles. The largest absolute Gasteiger partial charge is 0.460 e. The molecule has 7 nitrogen and oxygen atoms in total. The first-order valence-electron chi connectivity index (χ1n) is 9.40. The molecule has 1 atom stereocenters. The highest BCUT2D eigenvalue weighted by Gasteiger charge is 2.37. The zero-order valence-electron chi connectivity index (χ0n) is 17.0. The highest BCUT2D eigenvalue weighted by molar-refractivity contribution is 7.89. The third-order valence-electron chi connectivity index (χ3n) is 4.73. The molecule has 0 heterocycles. The van der Waals surface area contributed by atoms with Crippen LogP contribution in [0.15, 0.2) is 83.8 Å². The number of rotatable bonds is 7. The minimum Gasteiger partial charge on any atom is -0.460 e. The molecule has 158 valence electrons. The van der Waals surface area contributed by atoms with Crippen LogP contribution in [0, 0.1) is 6.92 Å². The summed E-state index contributed by atoms with van der Waals surface area (Å²) in [5.41, 5.74) is 12.2. The summed E-state index contributed by atoms with van der Waals surface area (Å²) in [6, 6.07) is 21.5. The number of aryl methyl sites for hydroxylation is 1. The number of ether oxygens (including phenoxy) is 1. The molecule has 0 radical (unpaired) electrons. The van der Waals surface area contributed by atoms with Crippen molar-refractivity contribution in [1.29, 1.82) is 0 Å². The summed E-state index contributed by atoms with van der Waals surface area (Å²) in [5.74, 6) is -0.953. The van der Waals surface area contributed by atoms with Gasteiger partial charge in [-0.25, -0.2) is 13.2 Å². The molecule has 3 rings (SSSR count). The number of methoxy groups -OCH3 is 1. The molecule has 3 aromatic rings. The van der Waals surface area contributed by atoms with E-state index >= 15 is 0 Å². The number of carbonyl (C=O) groups excluding carboxylic acids is 1. The lowest BCUT2D eigenvalue weighted by Gasteiger charge is -2.16. The first kappa shape index (κ1) is 22.1. The lowest BCUT2D eigenvalue weighted by molar-refractivity contribution is -0.138. The van der Waals surface area contributed by atoms with E-state index in [0.29, 0.717) is 5.56 Å². The lowest BCUT2D eigenvalue weighted by Crippen LogP contribution is -2.38. The van der Waals surface area contributed by atoms with Gasteiger partial charge in [-0.1, -0.05) is 72.3 Å². The molecular formula is C23H21N3O4S. The maximum Gasteiger partial charge on any atom is 0.418 e. The van der Waals surface area contributed by atoms with Gasteiger partial charge in [0.2, 0.25) is 10.0 Å². The van der Waals surface area contributed by atoms with Gasteiger partial charge in [0.25, 0.3) is 0 Å². The summed E-state index contributed by atoms with van der Waals surface area (Å²) < 4.78 is 33.0. The fourth-order valence-electron chi connectivity index (χ4n) is 3.04. The van der Waals surface area contributed by atoms with E-state index in [4.69, 9.17) is 0 Å². The standard InChI is InChI=1S/C23H21N3O4S/c1-16-8-14-20(15-9-16)31(28,29)26-21(22(25-24)23(27)30-2)19-12-10-18(11-13-19)17-6-4-3-5-7-17/h3-15,21,26H,1-2H3. The Bertz CT molecular complexity index is 1220. The van der Waals surface area contributed by atoms with Crippen LogP contribution in [-0.2, 0) is 19.6 Å². The normalized spacial score (nSPS) is 11.9. The van der Waals surface area contributed by atoms with Crippen molar-refractivity contribution in [2.75, 3.05) is 7.11 Å². The van der Waals surface area contributed by atoms with Gasteiger partial charge in [0.05, 0.1) is 12.0 Å². The molecule has 0 bridgehead atoms. The molecule has 0 saturated heterocycles. The van der Waals surface area contributed by atoms with Crippen molar-refractivity contribution in [3.05, 3.63) is 95.5 Å². The average molecular weight is 436 g/mol. The van der Waals surface area contributed by atoms with E-state index in [2.05, 4.69) is 14.2 Å². The SMILES string of the molecule is COC(=O)C(=[N+]=[N-])C(NS(=O)(=O)c1ccc(C)cc1)c1ccc(-c2ccccc2)cc1. The second kappa shape index (κ2) is 9.49. The molecule has 1 unspecified atom stereocenters. The second-order valence-corrected chi connectivity index (χ2v) is 8.55. The fourth-order valence-corrected chi connectivity index (χ4v) is 4.23. The highest BCUT2D eigenvalue weighted by atomic mass is 32.2. The summed E-state index contributed by atoms with van der Waals surface area (Å²) in [6.07, 6.45) is 0. The van der Waals surface area contributed by atoms with E-state index in [0.717, 1.165) is 23.8 Å². The summed E-state index contributed by atoms with van der Waals surface area (Å²) in [7, 11) is -2.91. The maximum absolute atomic E-state index is 12.9. The Balaban J connectivity index is 2.02. The molecule has 0 fully saturated rings. The van der Waals surface area contributed by atoms with Gasteiger partial charge in [0, 0.05) is 0 Å². The molecule has 8 heteroatoms. The summed E-state index contributed by atoms with van der Waals surface area (Å²) >= 11 is 0. The quantitative estimate of drug-likeness (QED) is 0.265. The fraction of sp³-hybridized carbons (Fsp3) is 0.130. The molecule has 0 saturated carbocycles. The van der Waals surface area contributed by atoms with Crippen LogP contribution in [0.5, 0.6) is 0 Å². The molecule has 0 aliphatic carbocycles. The van der Waals surface area contributed by atoms with Crippen LogP contribution >= 0.6 is 0 Å². The molecule has 31 heavy (non-hydrogen) atoms. The third kappa shape index (κ3) is 5.13. The van der Waals surface area contributed by atoms with Gasteiger partial charge in [-0.3, -0.25) is 0 Å². The first-order chi connectivity index (χ1) is 14.9. The summed E-state index contributed by atoms with van der Waals surface area (Å²) in [4.78, 5) is 15.2. The predicted molar refractivity (Wildman–Crippen MR) is 117 cm³/mol. The number of sulfonamides is 1. The summed E-state index contributed by atoms with van der Waals surface area (Å²) in [5, 5.41) is 0. The second-order valence-electron chi connectivity index (χ2n) is 6.83. The van der Waals surface area contributed by atoms with Gasteiger partial charge < -0.3 is 10.3 Å². The Morgan fingerprint density at radius 1 is 0.935 bits per heavy atom. The Morgan fingerprint density at radius 3 is 2.06 bits per heavy atom. The Morgan fingerprint density at radius 2 is 1.52 bits per heavy atom. The van der Waals surface area contributed by atoms with Crippen LogP contribution in [-0.4, -0.2) is 32.0 Å². The highest BCUT2D eigenvalue weighted by Crippen LogP contribution is 2.24. The number of hydrogen-bond donors (Lipinski definition) is 1. The van der Waals surface area contributed by atoms with Crippen LogP contribution < -0.4 is 4.72 Å². The third-order valence-corrected chi connectivity index (χ3v) is 6.17. The number of benzene rings is 3. The van der Waals surface area contributed by atoms with Gasteiger partial charge in [-0.2, -0.15) is 9.51 Å². The molecule has 0 amide bonds. The Kier molecular flexibility index (Phi) is 6.77. The van der Waals surface area contributed by atoms with E-state index in [1.807, 2.05) is 37.3 Å². The molecule has 0 aliphatic heterocycles.